The monoisotopic (exact) mass is 267 g/mol. The maximum absolute atomic E-state index is 8.82. The van der Waals surface area contributed by atoms with E-state index in [2.05, 4.69) is 6.07 Å². The average Bonchev–Trinajstić information content (AvgIpc) is 2.52. The standard InChI is InChI=1S/C17H17NO2/c18-12-11-17(19-13-15-7-3-1-4-8-15)20-14-16-9-5-2-6-10-16/h1-10,17H,11,13-14H2. The molecule has 0 spiro atoms. The Morgan fingerprint density at radius 1 is 0.800 bits per heavy atom. The first-order valence-electron chi connectivity index (χ1n) is 6.56. The van der Waals surface area contributed by atoms with E-state index in [1.54, 1.807) is 0 Å². The van der Waals surface area contributed by atoms with Gasteiger partial charge >= 0.3 is 0 Å². The van der Waals surface area contributed by atoms with E-state index < -0.39 is 6.29 Å². The lowest BCUT2D eigenvalue weighted by Gasteiger charge is -2.16. The van der Waals surface area contributed by atoms with Crippen LogP contribution in [-0.4, -0.2) is 6.29 Å². The molecule has 0 N–H and O–H groups in total. The third-order valence-corrected chi connectivity index (χ3v) is 2.82. The summed E-state index contributed by atoms with van der Waals surface area (Å²) in [4.78, 5) is 0. The van der Waals surface area contributed by atoms with Gasteiger partial charge in [0.15, 0.2) is 6.29 Å². The largest absolute Gasteiger partial charge is 0.347 e. The Hall–Kier alpha value is -2.15. The van der Waals surface area contributed by atoms with E-state index in [9.17, 15) is 0 Å². The highest BCUT2D eigenvalue weighted by molar-refractivity contribution is 5.14. The van der Waals surface area contributed by atoms with Gasteiger partial charge in [-0.15, -0.1) is 0 Å². The Morgan fingerprint density at radius 2 is 1.25 bits per heavy atom. The van der Waals surface area contributed by atoms with Gasteiger partial charge in [0.1, 0.15) is 0 Å². The third-order valence-electron chi connectivity index (χ3n) is 2.82. The van der Waals surface area contributed by atoms with Crippen molar-refractivity contribution in [1.29, 1.82) is 5.26 Å². The highest BCUT2D eigenvalue weighted by Gasteiger charge is 2.09. The Bertz CT molecular complexity index is 490. The van der Waals surface area contributed by atoms with Crippen LogP contribution < -0.4 is 0 Å². The molecule has 0 unspecified atom stereocenters. The Balaban J connectivity index is 1.83. The normalized spacial score (nSPS) is 10.4. The molecule has 2 rings (SSSR count). The predicted octanol–water partition coefficient (Wildman–Crippen LogP) is 3.66. The van der Waals surface area contributed by atoms with Crippen LogP contribution in [0.4, 0.5) is 0 Å². The molecule has 0 aliphatic rings. The van der Waals surface area contributed by atoms with Crippen LogP contribution in [0, 0.1) is 11.3 Å². The van der Waals surface area contributed by atoms with E-state index in [4.69, 9.17) is 14.7 Å². The molecular formula is C17H17NO2. The highest BCUT2D eigenvalue weighted by Crippen LogP contribution is 2.10. The highest BCUT2D eigenvalue weighted by atomic mass is 16.7. The van der Waals surface area contributed by atoms with E-state index in [0.29, 0.717) is 13.2 Å². The van der Waals surface area contributed by atoms with Crippen molar-refractivity contribution < 1.29 is 9.47 Å². The number of hydrogen-bond donors (Lipinski definition) is 0. The van der Waals surface area contributed by atoms with Gasteiger partial charge in [-0.1, -0.05) is 60.7 Å². The van der Waals surface area contributed by atoms with E-state index in [1.165, 1.54) is 0 Å². The average molecular weight is 267 g/mol. The zero-order valence-electron chi connectivity index (χ0n) is 11.2. The first kappa shape index (κ1) is 14.3. The van der Waals surface area contributed by atoms with Crippen molar-refractivity contribution >= 4 is 0 Å². The lowest BCUT2D eigenvalue weighted by Crippen LogP contribution is -2.16. The maximum Gasteiger partial charge on any atom is 0.171 e. The van der Waals surface area contributed by atoms with Gasteiger partial charge in [-0.3, -0.25) is 0 Å². The van der Waals surface area contributed by atoms with Crippen molar-refractivity contribution in [2.24, 2.45) is 0 Å². The summed E-state index contributed by atoms with van der Waals surface area (Å²) in [6.45, 7) is 0.893. The molecule has 0 fully saturated rings. The molecular weight excluding hydrogens is 250 g/mol. The van der Waals surface area contributed by atoms with Crippen LogP contribution >= 0.6 is 0 Å². The zero-order valence-corrected chi connectivity index (χ0v) is 11.2. The second-order valence-electron chi connectivity index (χ2n) is 4.39. The molecule has 0 aromatic heterocycles. The Labute approximate surface area is 119 Å². The number of benzene rings is 2. The number of nitrogens with zero attached hydrogens (tertiary/aromatic N) is 1. The van der Waals surface area contributed by atoms with Crippen molar-refractivity contribution in [3.63, 3.8) is 0 Å². The minimum absolute atomic E-state index is 0.222. The van der Waals surface area contributed by atoms with E-state index in [-0.39, 0.29) is 6.42 Å². The molecule has 0 amide bonds. The van der Waals surface area contributed by atoms with Crippen molar-refractivity contribution in [3.05, 3.63) is 71.8 Å². The molecule has 0 saturated heterocycles. The fourth-order valence-electron chi connectivity index (χ4n) is 1.77. The third kappa shape index (κ3) is 4.85. The summed E-state index contributed by atoms with van der Waals surface area (Å²) in [5.41, 5.74) is 2.14. The molecule has 20 heavy (non-hydrogen) atoms. The number of rotatable bonds is 7. The predicted molar refractivity (Wildman–Crippen MR) is 76.5 cm³/mol. The smallest absolute Gasteiger partial charge is 0.171 e. The molecule has 2 aromatic rings. The van der Waals surface area contributed by atoms with Gasteiger partial charge in [-0.05, 0) is 11.1 Å². The summed E-state index contributed by atoms with van der Waals surface area (Å²) in [7, 11) is 0. The molecule has 0 radical (unpaired) electrons. The molecule has 0 bridgehead atoms. The molecule has 0 atom stereocenters. The van der Waals surface area contributed by atoms with Gasteiger partial charge in [0.2, 0.25) is 0 Å². The molecule has 3 heteroatoms. The summed E-state index contributed by atoms with van der Waals surface area (Å²) in [5.74, 6) is 0. The second-order valence-corrected chi connectivity index (χ2v) is 4.39. The van der Waals surface area contributed by atoms with Crippen molar-refractivity contribution in [2.45, 2.75) is 25.9 Å². The van der Waals surface area contributed by atoms with Gasteiger partial charge in [-0.25, -0.2) is 0 Å². The fourth-order valence-corrected chi connectivity index (χ4v) is 1.77. The SMILES string of the molecule is N#CCC(OCc1ccccc1)OCc1ccccc1. The molecule has 0 saturated carbocycles. The number of ether oxygens (including phenoxy) is 2. The number of nitriles is 1. The van der Waals surface area contributed by atoms with Crippen LogP contribution in [0.3, 0.4) is 0 Å². The van der Waals surface area contributed by atoms with Crippen molar-refractivity contribution in [3.8, 4) is 6.07 Å². The first-order valence-corrected chi connectivity index (χ1v) is 6.56. The summed E-state index contributed by atoms with van der Waals surface area (Å²) in [6, 6.07) is 21.8. The lowest BCUT2D eigenvalue weighted by molar-refractivity contribution is -0.153. The first-order chi connectivity index (χ1) is 9.88. The Kier molecular flexibility index (Phi) is 5.78. The van der Waals surface area contributed by atoms with Crippen LogP contribution in [-0.2, 0) is 22.7 Å². The quantitative estimate of drug-likeness (QED) is 0.719. The molecule has 0 heterocycles. The number of hydrogen-bond acceptors (Lipinski definition) is 3. The molecule has 102 valence electrons. The van der Waals surface area contributed by atoms with Crippen LogP contribution in [0.15, 0.2) is 60.7 Å². The lowest BCUT2D eigenvalue weighted by atomic mass is 10.2. The topological polar surface area (TPSA) is 42.2 Å². The van der Waals surface area contributed by atoms with Gasteiger partial charge in [0.25, 0.3) is 0 Å². The fraction of sp³-hybridized carbons (Fsp3) is 0.235. The minimum Gasteiger partial charge on any atom is -0.347 e. The van der Waals surface area contributed by atoms with Gasteiger partial charge in [0, 0.05) is 0 Å². The molecule has 0 aliphatic carbocycles. The van der Waals surface area contributed by atoms with E-state index in [1.807, 2.05) is 60.7 Å². The molecule has 0 aliphatic heterocycles. The Morgan fingerprint density at radius 3 is 1.65 bits per heavy atom. The second kappa shape index (κ2) is 8.11. The van der Waals surface area contributed by atoms with Crippen LogP contribution in [0.1, 0.15) is 17.5 Å². The maximum atomic E-state index is 8.82. The van der Waals surface area contributed by atoms with Gasteiger partial charge in [0.05, 0.1) is 25.7 Å². The van der Waals surface area contributed by atoms with Gasteiger partial charge in [-0.2, -0.15) is 5.26 Å². The van der Waals surface area contributed by atoms with Crippen molar-refractivity contribution in [1.82, 2.24) is 0 Å². The van der Waals surface area contributed by atoms with E-state index >= 15 is 0 Å². The zero-order chi connectivity index (χ0) is 14.0. The summed E-state index contributed by atoms with van der Waals surface area (Å²) >= 11 is 0. The molecule has 3 nitrogen and oxygen atoms in total. The van der Waals surface area contributed by atoms with Crippen molar-refractivity contribution in [2.75, 3.05) is 0 Å². The van der Waals surface area contributed by atoms with Crippen LogP contribution in [0.25, 0.3) is 0 Å². The minimum atomic E-state index is -0.500. The summed E-state index contributed by atoms with van der Waals surface area (Å²) in [6.07, 6.45) is -0.278. The summed E-state index contributed by atoms with van der Waals surface area (Å²) < 4.78 is 11.3. The van der Waals surface area contributed by atoms with Gasteiger partial charge < -0.3 is 9.47 Å². The van der Waals surface area contributed by atoms with Crippen LogP contribution in [0.2, 0.25) is 0 Å². The summed E-state index contributed by atoms with van der Waals surface area (Å²) in [5, 5.41) is 8.82. The molecule has 2 aromatic carbocycles. The van der Waals surface area contributed by atoms with E-state index in [0.717, 1.165) is 11.1 Å². The van der Waals surface area contributed by atoms with Crippen LogP contribution in [0.5, 0.6) is 0 Å².